The van der Waals surface area contributed by atoms with Gasteiger partial charge in [-0.05, 0) is 59.3 Å². The smallest absolute Gasteiger partial charge is 0.201 e. The number of rotatable bonds is 3. The molecule has 0 aliphatic heterocycles. The molecular formula is C29H25ClO7. The van der Waals surface area contributed by atoms with Crippen molar-refractivity contribution in [2.24, 2.45) is 0 Å². The van der Waals surface area contributed by atoms with Crippen LogP contribution >= 0.6 is 11.6 Å². The Morgan fingerprint density at radius 3 is 1.97 bits per heavy atom. The molecule has 0 spiro atoms. The van der Waals surface area contributed by atoms with E-state index in [2.05, 4.69) is 0 Å². The van der Waals surface area contributed by atoms with E-state index < -0.39 is 16.9 Å². The third kappa shape index (κ3) is 3.38. The van der Waals surface area contributed by atoms with Crippen molar-refractivity contribution >= 4 is 28.2 Å². The Balaban J connectivity index is 1.92. The average molecular weight is 521 g/mol. The van der Waals surface area contributed by atoms with E-state index in [1.54, 1.807) is 31.2 Å². The number of aromatic hydroxyl groups is 4. The van der Waals surface area contributed by atoms with Crippen molar-refractivity contribution < 1.29 is 34.7 Å². The second-order valence-electron chi connectivity index (χ2n) is 9.69. The van der Waals surface area contributed by atoms with E-state index in [1.165, 1.54) is 26.4 Å². The van der Waals surface area contributed by atoms with Gasteiger partial charge in [0.05, 0.1) is 25.3 Å². The quantitative estimate of drug-likeness (QED) is 0.255. The van der Waals surface area contributed by atoms with Gasteiger partial charge in [-0.15, -0.1) is 0 Å². The second-order valence-corrected chi connectivity index (χ2v) is 10.1. The van der Waals surface area contributed by atoms with Crippen LogP contribution in [-0.4, -0.2) is 40.4 Å². The number of fused-ring (bicyclic) bond motifs is 3. The Kier molecular flexibility index (Phi) is 5.46. The van der Waals surface area contributed by atoms with Gasteiger partial charge in [0.15, 0.2) is 0 Å². The van der Waals surface area contributed by atoms with Crippen LogP contribution in [0.3, 0.4) is 0 Å². The molecule has 0 unspecified atom stereocenters. The Bertz CT molecular complexity index is 1630. The van der Waals surface area contributed by atoms with E-state index in [0.717, 1.165) is 0 Å². The maximum absolute atomic E-state index is 13.8. The molecule has 37 heavy (non-hydrogen) atoms. The van der Waals surface area contributed by atoms with Crippen LogP contribution in [0.15, 0.2) is 36.4 Å². The predicted octanol–water partition coefficient (Wildman–Crippen LogP) is 6.18. The Labute approximate surface area is 218 Å². The molecule has 4 N–H and O–H groups in total. The number of halogens is 1. The zero-order valence-electron chi connectivity index (χ0n) is 20.9. The highest BCUT2D eigenvalue weighted by atomic mass is 35.5. The lowest BCUT2D eigenvalue weighted by Gasteiger charge is -2.35. The van der Waals surface area contributed by atoms with Crippen LogP contribution < -0.4 is 9.47 Å². The topological polar surface area (TPSA) is 116 Å². The predicted molar refractivity (Wildman–Crippen MR) is 141 cm³/mol. The van der Waals surface area contributed by atoms with Gasteiger partial charge in [0.2, 0.25) is 5.78 Å². The highest BCUT2D eigenvalue weighted by Crippen LogP contribution is 2.54. The third-order valence-electron chi connectivity index (χ3n) is 7.23. The number of methoxy groups -OCH3 is 2. The Morgan fingerprint density at radius 2 is 1.35 bits per heavy atom. The number of phenolic OH excluding ortho intramolecular Hbond substituents is 4. The molecule has 5 rings (SSSR count). The van der Waals surface area contributed by atoms with Crippen LogP contribution in [0.4, 0.5) is 0 Å². The van der Waals surface area contributed by atoms with Crippen LogP contribution in [0, 0.1) is 6.92 Å². The zero-order valence-corrected chi connectivity index (χ0v) is 21.6. The van der Waals surface area contributed by atoms with Gasteiger partial charge in [-0.2, -0.15) is 0 Å². The van der Waals surface area contributed by atoms with Gasteiger partial charge in [0.1, 0.15) is 39.5 Å². The molecule has 0 aromatic heterocycles. The summed E-state index contributed by atoms with van der Waals surface area (Å²) in [6.07, 6.45) is 0. The lowest BCUT2D eigenvalue weighted by molar-refractivity contribution is 0.102. The first-order valence-electron chi connectivity index (χ1n) is 11.5. The number of ketones is 1. The van der Waals surface area contributed by atoms with Crippen LogP contribution in [-0.2, 0) is 5.41 Å². The SMILES string of the molecule is COc1cc(C)c(-c2cc(OC)cc3cc4c(c(O)c23)C(=O)c2c(cc(O)c(Cl)c2O)C4(C)C)c(O)c1. The van der Waals surface area contributed by atoms with Crippen LogP contribution in [0.2, 0.25) is 5.02 Å². The minimum absolute atomic E-state index is 0.0131. The summed E-state index contributed by atoms with van der Waals surface area (Å²) in [6.45, 7) is 5.46. The molecule has 0 saturated heterocycles. The van der Waals surface area contributed by atoms with Gasteiger partial charge in [-0.3, -0.25) is 4.79 Å². The zero-order chi connectivity index (χ0) is 27.0. The van der Waals surface area contributed by atoms with Crippen LogP contribution in [0.5, 0.6) is 34.5 Å². The van der Waals surface area contributed by atoms with E-state index in [1.807, 2.05) is 13.8 Å². The minimum atomic E-state index is -0.898. The molecule has 0 fully saturated rings. The van der Waals surface area contributed by atoms with Gasteiger partial charge < -0.3 is 29.9 Å². The maximum atomic E-state index is 13.8. The monoisotopic (exact) mass is 520 g/mol. The van der Waals surface area contributed by atoms with E-state index in [-0.39, 0.29) is 33.4 Å². The molecule has 1 aliphatic rings. The van der Waals surface area contributed by atoms with Gasteiger partial charge in [0, 0.05) is 28.0 Å². The summed E-state index contributed by atoms with van der Waals surface area (Å²) >= 11 is 6.07. The van der Waals surface area contributed by atoms with E-state index >= 15 is 0 Å². The number of ether oxygens (including phenoxy) is 2. The molecule has 0 radical (unpaired) electrons. The highest BCUT2D eigenvalue weighted by molar-refractivity contribution is 6.35. The van der Waals surface area contributed by atoms with Crippen molar-refractivity contribution in [3.8, 4) is 45.6 Å². The summed E-state index contributed by atoms with van der Waals surface area (Å²) in [5.41, 5.74) is 1.51. The normalized spacial score (nSPS) is 13.8. The number of benzene rings is 4. The molecule has 4 aromatic rings. The van der Waals surface area contributed by atoms with Crippen molar-refractivity contribution in [1.82, 2.24) is 0 Å². The van der Waals surface area contributed by atoms with Gasteiger partial charge in [0.25, 0.3) is 0 Å². The summed E-state index contributed by atoms with van der Waals surface area (Å²) in [7, 11) is 3.02. The largest absolute Gasteiger partial charge is 0.507 e. The van der Waals surface area contributed by atoms with Gasteiger partial charge in [-0.1, -0.05) is 25.4 Å². The minimum Gasteiger partial charge on any atom is -0.507 e. The molecule has 4 aromatic carbocycles. The van der Waals surface area contributed by atoms with E-state index in [0.29, 0.717) is 50.1 Å². The lowest BCUT2D eigenvalue weighted by Crippen LogP contribution is -2.30. The number of carbonyl (C=O) groups excluding carboxylic acids is 1. The molecule has 7 nitrogen and oxygen atoms in total. The fraction of sp³-hybridized carbons (Fsp3) is 0.207. The summed E-state index contributed by atoms with van der Waals surface area (Å²) in [6, 6.07) is 9.81. The summed E-state index contributed by atoms with van der Waals surface area (Å²) in [4.78, 5) is 13.8. The first-order valence-corrected chi connectivity index (χ1v) is 11.9. The van der Waals surface area contributed by atoms with Crippen LogP contribution in [0.1, 0.15) is 46.5 Å². The number of carbonyl (C=O) groups is 1. The fourth-order valence-corrected chi connectivity index (χ4v) is 5.51. The van der Waals surface area contributed by atoms with Crippen LogP contribution in [0.25, 0.3) is 21.9 Å². The Morgan fingerprint density at radius 1 is 0.757 bits per heavy atom. The Hall–Kier alpha value is -4.10. The molecule has 8 heteroatoms. The van der Waals surface area contributed by atoms with Crippen molar-refractivity contribution in [2.45, 2.75) is 26.2 Å². The standard InChI is InChI=1S/C29H25ClO7/c1-12-6-14(36-4)10-19(31)21(12)16-9-15(37-5)7-13-8-17-23(26(33)22(13)16)27(34)24-18(29(17,2)3)11-20(32)25(30)28(24)35/h6-11,31-33,35H,1-5H3. The van der Waals surface area contributed by atoms with Crippen molar-refractivity contribution in [3.63, 3.8) is 0 Å². The molecule has 0 amide bonds. The third-order valence-corrected chi connectivity index (χ3v) is 7.61. The lowest BCUT2D eigenvalue weighted by atomic mass is 9.67. The molecule has 0 atom stereocenters. The number of hydrogen-bond acceptors (Lipinski definition) is 7. The van der Waals surface area contributed by atoms with Gasteiger partial charge in [-0.25, -0.2) is 0 Å². The summed E-state index contributed by atoms with van der Waals surface area (Å²) in [5.74, 6) is -0.927. The number of phenols is 4. The first-order chi connectivity index (χ1) is 17.4. The van der Waals surface area contributed by atoms with Crippen molar-refractivity contribution in [3.05, 3.63) is 69.2 Å². The summed E-state index contributed by atoms with van der Waals surface area (Å²) < 4.78 is 10.8. The van der Waals surface area contributed by atoms with Gasteiger partial charge >= 0.3 is 0 Å². The molecule has 190 valence electrons. The summed E-state index contributed by atoms with van der Waals surface area (Å²) in [5, 5.41) is 44.2. The second kappa shape index (κ2) is 8.21. The number of aryl methyl sites for hydroxylation is 1. The van der Waals surface area contributed by atoms with Crippen molar-refractivity contribution in [1.29, 1.82) is 0 Å². The first kappa shape index (κ1) is 24.6. The van der Waals surface area contributed by atoms with E-state index in [4.69, 9.17) is 21.1 Å². The molecule has 0 saturated carbocycles. The molecular weight excluding hydrogens is 496 g/mol. The maximum Gasteiger partial charge on any atom is 0.201 e. The van der Waals surface area contributed by atoms with Crippen molar-refractivity contribution in [2.75, 3.05) is 14.2 Å². The molecule has 0 bridgehead atoms. The average Bonchev–Trinajstić information content (AvgIpc) is 2.84. The molecule has 0 heterocycles. The highest BCUT2D eigenvalue weighted by Gasteiger charge is 2.42. The number of hydrogen-bond donors (Lipinski definition) is 4. The molecule has 1 aliphatic carbocycles. The van der Waals surface area contributed by atoms with E-state index in [9.17, 15) is 25.2 Å². The fourth-order valence-electron chi connectivity index (χ4n) is 5.36.